The number of hydrogen-bond acceptors (Lipinski definition) is 3. The highest BCUT2D eigenvalue weighted by Gasteiger charge is 2.12. The largest absolute Gasteiger partial charge is 0.308 e. The molecule has 0 aliphatic carbocycles. The van der Waals surface area contributed by atoms with Gasteiger partial charge in [-0.2, -0.15) is 11.8 Å². The lowest BCUT2D eigenvalue weighted by Gasteiger charge is -2.21. The van der Waals surface area contributed by atoms with E-state index in [0.717, 1.165) is 23.7 Å². The molecular formula is C14H24N2S. The highest BCUT2D eigenvalue weighted by Crippen LogP contribution is 2.23. The van der Waals surface area contributed by atoms with Gasteiger partial charge in [0.05, 0.1) is 5.69 Å². The lowest BCUT2D eigenvalue weighted by Crippen LogP contribution is -2.29. The number of aromatic nitrogens is 1. The lowest BCUT2D eigenvalue weighted by molar-refractivity contribution is 0.585. The number of aryl methyl sites for hydroxylation is 1. The normalized spacial score (nSPS) is 13.7. The van der Waals surface area contributed by atoms with Gasteiger partial charge in [0.25, 0.3) is 0 Å². The molecule has 17 heavy (non-hydrogen) atoms. The van der Waals surface area contributed by atoms with Crippen LogP contribution in [0.1, 0.15) is 39.1 Å². The predicted octanol–water partition coefficient (Wildman–Crippen LogP) is 3.40. The van der Waals surface area contributed by atoms with Crippen molar-refractivity contribution in [2.24, 2.45) is 0 Å². The van der Waals surface area contributed by atoms with Crippen molar-refractivity contribution in [2.75, 3.05) is 5.75 Å². The summed E-state index contributed by atoms with van der Waals surface area (Å²) in [7, 11) is 0. The molecule has 1 aromatic rings. The fourth-order valence-electron chi connectivity index (χ4n) is 1.41. The smallest absolute Gasteiger partial charge is 0.0544 e. The Balaban J connectivity index is 2.31. The van der Waals surface area contributed by atoms with Crippen LogP contribution in [0.25, 0.3) is 0 Å². The van der Waals surface area contributed by atoms with Gasteiger partial charge in [0.1, 0.15) is 0 Å². The van der Waals surface area contributed by atoms with Gasteiger partial charge in [-0.25, -0.2) is 0 Å². The first kappa shape index (κ1) is 14.5. The van der Waals surface area contributed by atoms with Gasteiger partial charge < -0.3 is 5.32 Å². The standard InChI is InChI=1S/C14H24N2S/c1-11-7-6-8-13(16-11)9-15-12(2)10-17-14(3,4)5/h6-8,12,15H,9-10H2,1-5H3. The molecule has 1 unspecified atom stereocenters. The molecule has 0 saturated heterocycles. The molecule has 0 saturated carbocycles. The summed E-state index contributed by atoms with van der Waals surface area (Å²) in [6, 6.07) is 6.68. The molecule has 0 aliphatic heterocycles. The van der Waals surface area contributed by atoms with Crippen LogP contribution < -0.4 is 5.32 Å². The number of nitrogens with one attached hydrogen (secondary N) is 1. The number of rotatable bonds is 5. The molecule has 96 valence electrons. The first-order valence-electron chi connectivity index (χ1n) is 6.17. The molecule has 1 N–H and O–H groups in total. The van der Waals surface area contributed by atoms with E-state index in [1.165, 1.54) is 0 Å². The van der Waals surface area contributed by atoms with Gasteiger partial charge in [-0.1, -0.05) is 26.8 Å². The average Bonchev–Trinajstić information content (AvgIpc) is 2.23. The van der Waals surface area contributed by atoms with Gasteiger partial charge in [-0.15, -0.1) is 0 Å². The van der Waals surface area contributed by atoms with E-state index in [2.05, 4.69) is 50.1 Å². The minimum Gasteiger partial charge on any atom is -0.308 e. The Hall–Kier alpha value is -0.540. The van der Waals surface area contributed by atoms with Crippen molar-refractivity contribution in [3.8, 4) is 0 Å². The van der Waals surface area contributed by atoms with Crippen LogP contribution in [0, 0.1) is 6.92 Å². The summed E-state index contributed by atoms with van der Waals surface area (Å²) in [6.45, 7) is 11.9. The van der Waals surface area contributed by atoms with E-state index < -0.39 is 0 Å². The van der Waals surface area contributed by atoms with Gasteiger partial charge in [0.15, 0.2) is 0 Å². The van der Waals surface area contributed by atoms with Crippen molar-refractivity contribution in [3.63, 3.8) is 0 Å². The number of hydrogen-bond donors (Lipinski definition) is 1. The fraction of sp³-hybridized carbons (Fsp3) is 0.643. The molecule has 3 heteroatoms. The number of pyridine rings is 1. The SMILES string of the molecule is Cc1cccc(CNC(C)CSC(C)(C)C)n1. The van der Waals surface area contributed by atoms with Gasteiger partial charge in [-0.3, -0.25) is 4.98 Å². The minimum atomic E-state index is 0.345. The Morgan fingerprint density at radius 1 is 1.35 bits per heavy atom. The molecule has 2 nitrogen and oxygen atoms in total. The van der Waals surface area contributed by atoms with Crippen molar-refractivity contribution in [2.45, 2.75) is 52.0 Å². The second kappa shape index (κ2) is 6.41. The molecule has 1 atom stereocenters. The summed E-state index contributed by atoms with van der Waals surface area (Å²) in [5, 5.41) is 3.52. The Kier molecular flexibility index (Phi) is 5.47. The Bertz CT molecular complexity index is 344. The second-order valence-electron chi connectivity index (χ2n) is 5.48. The van der Waals surface area contributed by atoms with Crippen LogP contribution in [-0.4, -0.2) is 21.5 Å². The molecular weight excluding hydrogens is 228 g/mol. The Morgan fingerprint density at radius 2 is 2.06 bits per heavy atom. The molecule has 1 rings (SSSR count). The van der Waals surface area contributed by atoms with Crippen molar-refractivity contribution >= 4 is 11.8 Å². The van der Waals surface area contributed by atoms with Crippen LogP contribution >= 0.6 is 11.8 Å². The zero-order chi connectivity index (χ0) is 12.9. The van der Waals surface area contributed by atoms with Crippen molar-refractivity contribution < 1.29 is 0 Å². The maximum atomic E-state index is 4.48. The third-order valence-electron chi connectivity index (χ3n) is 2.34. The number of nitrogens with zero attached hydrogens (tertiary/aromatic N) is 1. The lowest BCUT2D eigenvalue weighted by atomic mass is 10.3. The topological polar surface area (TPSA) is 24.9 Å². The monoisotopic (exact) mass is 252 g/mol. The highest BCUT2D eigenvalue weighted by atomic mass is 32.2. The van der Waals surface area contributed by atoms with E-state index in [1.54, 1.807) is 0 Å². The van der Waals surface area contributed by atoms with Crippen molar-refractivity contribution in [1.29, 1.82) is 0 Å². The van der Waals surface area contributed by atoms with E-state index >= 15 is 0 Å². The molecule has 0 spiro atoms. The molecule has 0 radical (unpaired) electrons. The molecule has 0 aliphatic rings. The Labute approximate surface area is 110 Å². The summed E-state index contributed by atoms with van der Waals surface area (Å²) < 4.78 is 0.345. The zero-order valence-corrected chi connectivity index (χ0v) is 12.4. The molecule has 1 aromatic heterocycles. The first-order valence-corrected chi connectivity index (χ1v) is 7.15. The van der Waals surface area contributed by atoms with Crippen LogP contribution in [0.4, 0.5) is 0 Å². The fourth-order valence-corrected chi connectivity index (χ4v) is 2.28. The van der Waals surface area contributed by atoms with E-state index in [0.29, 0.717) is 10.8 Å². The third kappa shape index (κ3) is 6.69. The van der Waals surface area contributed by atoms with E-state index in [-0.39, 0.29) is 0 Å². The first-order chi connectivity index (χ1) is 7.87. The summed E-state index contributed by atoms with van der Waals surface area (Å²) in [6.07, 6.45) is 0. The van der Waals surface area contributed by atoms with Gasteiger partial charge in [-0.05, 0) is 26.0 Å². The van der Waals surface area contributed by atoms with Crippen LogP contribution in [0.15, 0.2) is 18.2 Å². The zero-order valence-electron chi connectivity index (χ0n) is 11.6. The maximum absolute atomic E-state index is 4.48. The van der Waals surface area contributed by atoms with Gasteiger partial charge in [0, 0.05) is 28.8 Å². The summed E-state index contributed by atoms with van der Waals surface area (Å²) in [5.41, 5.74) is 2.21. The quantitative estimate of drug-likeness (QED) is 0.869. The van der Waals surface area contributed by atoms with Crippen LogP contribution in [0.3, 0.4) is 0 Å². The molecule has 0 aromatic carbocycles. The minimum absolute atomic E-state index is 0.345. The molecule has 0 amide bonds. The van der Waals surface area contributed by atoms with Crippen molar-refractivity contribution in [3.05, 3.63) is 29.6 Å². The molecule has 0 fully saturated rings. The van der Waals surface area contributed by atoms with E-state index in [1.807, 2.05) is 24.8 Å². The average molecular weight is 252 g/mol. The summed E-state index contributed by atoms with van der Waals surface area (Å²) in [4.78, 5) is 4.48. The second-order valence-corrected chi connectivity index (χ2v) is 7.32. The summed E-state index contributed by atoms with van der Waals surface area (Å²) in [5.74, 6) is 1.13. The van der Waals surface area contributed by atoms with Crippen LogP contribution in [0.5, 0.6) is 0 Å². The summed E-state index contributed by atoms with van der Waals surface area (Å²) >= 11 is 2.00. The van der Waals surface area contributed by atoms with E-state index in [9.17, 15) is 0 Å². The predicted molar refractivity (Wildman–Crippen MR) is 77.5 cm³/mol. The van der Waals surface area contributed by atoms with Gasteiger partial charge in [0.2, 0.25) is 0 Å². The molecule has 0 bridgehead atoms. The Morgan fingerprint density at radius 3 is 2.65 bits per heavy atom. The highest BCUT2D eigenvalue weighted by molar-refractivity contribution is 8.00. The van der Waals surface area contributed by atoms with Crippen LogP contribution in [-0.2, 0) is 6.54 Å². The van der Waals surface area contributed by atoms with Crippen molar-refractivity contribution in [1.82, 2.24) is 10.3 Å². The van der Waals surface area contributed by atoms with E-state index in [4.69, 9.17) is 0 Å². The maximum Gasteiger partial charge on any atom is 0.0544 e. The third-order valence-corrected chi connectivity index (χ3v) is 3.88. The molecule has 1 heterocycles. The van der Waals surface area contributed by atoms with Crippen LogP contribution in [0.2, 0.25) is 0 Å². The van der Waals surface area contributed by atoms with Gasteiger partial charge >= 0.3 is 0 Å². The number of thioether (sulfide) groups is 1.